The van der Waals surface area contributed by atoms with Crippen LogP contribution < -0.4 is 0 Å². The molecule has 5 heteroatoms. The van der Waals surface area contributed by atoms with Crippen LogP contribution in [-0.4, -0.2) is 44.2 Å². The number of aliphatic hydroxyl groups is 3. The number of aliphatic carboxylic acids is 1. The number of rotatable bonds is 15. The average molecular weight is 439 g/mol. The van der Waals surface area contributed by atoms with E-state index in [1.165, 1.54) is 25.7 Å². The van der Waals surface area contributed by atoms with Crippen LogP contribution in [0.5, 0.6) is 0 Å². The summed E-state index contributed by atoms with van der Waals surface area (Å²) >= 11 is 0. The van der Waals surface area contributed by atoms with E-state index in [2.05, 4.69) is 19.1 Å². The number of carboxylic acids is 1. The number of allylic oxidation sites excluding steroid dienone is 1. The molecule has 2 aliphatic rings. The lowest BCUT2D eigenvalue weighted by Crippen LogP contribution is -2.32. The van der Waals surface area contributed by atoms with E-state index in [0.717, 1.165) is 57.8 Å². The second-order valence-electron chi connectivity index (χ2n) is 10.2. The lowest BCUT2D eigenvalue weighted by molar-refractivity contribution is -0.146. The predicted octanol–water partition coefficient (Wildman–Crippen LogP) is 5.22. The molecule has 4 N–H and O–H groups in total. The zero-order valence-electron chi connectivity index (χ0n) is 19.6. The average Bonchev–Trinajstić information content (AvgIpc) is 3.17. The fourth-order valence-corrected chi connectivity index (χ4v) is 5.45. The van der Waals surface area contributed by atoms with Gasteiger partial charge in [-0.25, -0.2) is 0 Å². The zero-order valence-corrected chi connectivity index (χ0v) is 19.6. The van der Waals surface area contributed by atoms with Crippen LogP contribution in [0.4, 0.5) is 0 Å². The summed E-state index contributed by atoms with van der Waals surface area (Å²) < 4.78 is 0. The van der Waals surface area contributed by atoms with Gasteiger partial charge in [0, 0.05) is 5.92 Å². The Labute approximate surface area is 188 Å². The third-order valence-electron chi connectivity index (χ3n) is 7.62. The number of hydrogen-bond acceptors (Lipinski definition) is 4. The SMILES string of the molecule is CCCCC[C@@H]1C=C[C@@H](CCCCC[C@H](C(=O)O)[C@H](O)CCC2(O)CCCC2)[C@H](O)C1. The van der Waals surface area contributed by atoms with E-state index in [1.54, 1.807) is 0 Å². The van der Waals surface area contributed by atoms with Crippen LogP contribution >= 0.6 is 0 Å². The van der Waals surface area contributed by atoms with E-state index in [-0.39, 0.29) is 12.0 Å². The van der Waals surface area contributed by atoms with E-state index >= 15 is 0 Å². The van der Waals surface area contributed by atoms with Gasteiger partial charge in [-0.2, -0.15) is 0 Å². The van der Waals surface area contributed by atoms with Crippen LogP contribution in [0.3, 0.4) is 0 Å². The second-order valence-corrected chi connectivity index (χ2v) is 10.2. The Morgan fingerprint density at radius 3 is 2.39 bits per heavy atom. The Morgan fingerprint density at radius 2 is 1.74 bits per heavy atom. The van der Waals surface area contributed by atoms with Gasteiger partial charge in [-0.3, -0.25) is 4.79 Å². The Bertz CT molecular complexity index is 540. The van der Waals surface area contributed by atoms with Crippen molar-refractivity contribution >= 4 is 5.97 Å². The first-order valence-electron chi connectivity index (χ1n) is 12.8. The fraction of sp³-hybridized carbons (Fsp3) is 0.885. The summed E-state index contributed by atoms with van der Waals surface area (Å²) in [5.74, 6) is -0.965. The van der Waals surface area contributed by atoms with Crippen molar-refractivity contribution in [1.82, 2.24) is 0 Å². The van der Waals surface area contributed by atoms with Gasteiger partial charge in [-0.1, -0.05) is 70.4 Å². The van der Waals surface area contributed by atoms with E-state index in [4.69, 9.17) is 0 Å². The second kappa shape index (κ2) is 13.6. The van der Waals surface area contributed by atoms with Gasteiger partial charge in [0.25, 0.3) is 0 Å². The first-order chi connectivity index (χ1) is 14.8. The maximum atomic E-state index is 11.6. The Hall–Kier alpha value is -0.910. The number of aliphatic hydroxyl groups excluding tert-OH is 2. The van der Waals surface area contributed by atoms with Gasteiger partial charge in [-0.15, -0.1) is 0 Å². The third kappa shape index (κ3) is 9.23. The molecule has 0 heterocycles. The Kier molecular flexibility index (Phi) is 11.6. The van der Waals surface area contributed by atoms with Crippen molar-refractivity contribution in [3.05, 3.63) is 12.2 Å². The number of carbonyl (C=O) groups is 1. The number of unbranched alkanes of at least 4 members (excludes halogenated alkanes) is 4. The van der Waals surface area contributed by atoms with Crippen molar-refractivity contribution in [1.29, 1.82) is 0 Å². The lowest BCUT2D eigenvalue weighted by Gasteiger charge is -2.28. The Morgan fingerprint density at radius 1 is 1.03 bits per heavy atom. The molecule has 0 aliphatic heterocycles. The van der Waals surface area contributed by atoms with E-state index in [9.17, 15) is 25.2 Å². The van der Waals surface area contributed by atoms with Crippen LogP contribution in [0, 0.1) is 17.8 Å². The molecule has 0 amide bonds. The molecule has 0 spiro atoms. The van der Waals surface area contributed by atoms with E-state index in [0.29, 0.717) is 25.2 Å². The summed E-state index contributed by atoms with van der Waals surface area (Å²) in [4.78, 5) is 11.6. The molecule has 0 aromatic rings. The van der Waals surface area contributed by atoms with Crippen molar-refractivity contribution in [3.8, 4) is 0 Å². The third-order valence-corrected chi connectivity index (χ3v) is 7.62. The lowest BCUT2D eigenvalue weighted by atomic mass is 9.81. The minimum atomic E-state index is -0.939. The summed E-state index contributed by atoms with van der Waals surface area (Å²) in [5, 5.41) is 40.9. The first-order valence-corrected chi connectivity index (χ1v) is 12.8. The summed E-state index contributed by atoms with van der Waals surface area (Å²) in [6.07, 6.45) is 17.5. The minimum Gasteiger partial charge on any atom is -0.481 e. The highest BCUT2D eigenvalue weighted by Gasteiger charge is 2.34. The molecule has 0 aromatic carbocycles. The summed E-state index contributed by atoms with van der Waals surface area (Å²) in [6.45, 7) is 2.21. The van der Waals surface area contributed by atoms with Crippen LogP contribution in [0.15, 0.2) is 12.2 Å². The van der Waals surface area contributed by atoms with Crippen LogP contribution in [-0.2, 0) is 4.79 Å². The highest BCUT2D eigenvalue weighted by molar-refractivity contribution is 5.70. The molecule has 0 aromatic heterocycles. The largest absolute Gasteiger partial charge is 0.481 e. The van der Waals surface area contributed by atoms with Crippen molar-refractivity contribution in [2.45, 2.75) is 127 Å². The number of hydrogen-bond donors (Lipinski definition) is 4. The smallest absolute Gasteiger partial charge is 0.309 e. The van der Waals surface area contributed by atoms with Crippen LogP contribution in [0.25, 0.3) is 0 Å². The molecule has 180 valence electrons. The summed E-state index contributed by atoms with van der Waals surface area (Å²) in [7, 11) is 0. The molecule has 1 fully saturated rings. The van der Waals surface area contributed by atoms with Gasteiger partial charge in [0.15, 0.2) is 0 Å². The molecule has 0 saturated heterocycles. The quantitative estimate of drug-likeness (QED) is 0.208. The van der Waals surface area contributed by atoms with Gasteiger partial charge in [0.1, 0.15) is 0 Å². The maximum Gasteiger partial charge on any atom is 0.309 e. The monoisotopic (exact) mass is 438 g/mol. The summed E-state index contributed by atoms with van der Waals surface area (Å²) in [6, 6.07) is 0. The Balaban J connectivity index is 1.64. The molecule has 2 rings (SSSR count). The fourth-order valence-electron chi connectivity index (χ4n) is 5.45. The first kappa shape index (κ1) is 26.3. The molecule has 0 radical (unpaired) electrons. The van der Waals surface area contributed by atoms with Crippen molar-refractivity contribution in [2.24, 2.45) is 17.8 Å². The highest BCUT2D eigenvalue weighted by Crippen LogP contribution is 2.35. The van der Waals surface area contributed by atoms with Gasteiger partial charge >= 0.3 is 5.97 Å². The standard InChI is InChI=1S/C26H46O5/c1-2-3-5-10-20-13-14-21(24(28)19-20)11-6-4-7-12-22(25(29)30)23(27)15-18-26(31)16-8-9-17-26/h13-14,20-24,27-28,31H,2-12,15-19H2,1H3,(H,29,30)/t20-,21-,22+,23-,24-/m1/s1. The molecule has 2 aliphatic carbocycles. The van der Waals surface area contributed by atoms with E-state index < -0.39 is 23.6 Å². The molecule has 0 bridgehead atoms. The van der Waals surface area contributed by atoms with Crippen molar-refractivity contribution in [3.63, 3.8) is 0 Å². The van der Waals surface area contributed by atoms with Gasteiger partial charge in [-0.05, 0) is 57.3 Å². The topological polar surface area (TPSA) is 98.0 Å². The van der Waals surface area contributed by atoms with Gasteiger partial charge < -0.3 is 20.4 Å². The predicted molar refractivity (Wildman–Crippen MR) is 124 cm³/mol. The molecule has 5 atom stereocenters. The molecule has 0 unspecified atom stereocenters. The van der Waals surface area contributed by atoms with Crippen LogP contribution in [0.1, 0.15) is 110 Å². The number of carboxylic acid groups (broad SMARTS) is 1. The van der Waals surface area contributed by atoms with Crippen molar-refractivity contribution < 1.29 is 25.2 Å². The van der Waals surface area contributed by atoms with Crippen molar-refractivity contribution in [2.75, 3.05) is 0 Å². The van der Waals surface area contributed by atoms with Gasteiger partial charge in [0.05, 0.1) is 23.7 Å². The maximum absolute atomic E-state index is 11.6. The normalized spacial score (nSPS) is 27.3. The molecular weight excluding hydrogens is 392 g/mol. The minimum absolute atomic E-state index is 0.218. The molecule has 31 heavy (non-hydrogen) atoms. The molecular formula is C26H46O5. The summed E-state index contributed by atoms with van der Waals surface area (Å²) in [5.41, 5.74) is -0.701. The highest BCUT2D eigenvalue weighted by atomic mass is 16.4. The molecule has 5 nitrogen and oxygen atoms in total. The zero-order chi connectivity index (χ0) is 22.7. The molecule has 1 saturated carbocycles. The van der Waals surface area contributed by atoms with Crippen LogP contribution in [0.2, 0.25) is 0 Å². The van der Waals surface area contributed by atoms with E-state index in [1.807, 2.05) is 0 Å². The van der Waals surface area contributed by atoms with Gasteiger partial charge in [0.2, 0.25) is 0 Å².